The fourth-order valence-electron chi connectivity index (χ4n) is 6.64. The molecule has 0 saturated carbocycles. The summed E-state index contributed by atoms with van der Waals surface area (Å²) in [4.78, 5) is 22.4. The molecule has 0 bridgehead atoms. The van der Waals surface area contributed by atoms with Gasteiger partial charge < -0.3 is 9.11 Å². The number of aromatic nitrogens is 4. The van der Waals surface area contributed by atoms with E-state index < -0.39 is 31.3 Å². The molecule has 0 spiro atoms. The predicted octanol–water partition coefficient (Wildman–Crippen LogP) is 11.4. The van der Waals surface area contributed by atoms with E-state index in [0.29, 0.717) is 0 Å². The van der Waals surface area contributed by atoms with Crippen molar-refractivity contribution in [2.45, 2.75) is 11.0 Å². The van der Waals surface area contributed by atoms with Crippen molar-refractivity contribution in [2.24, 2.45) is 0 Å². The fraction of sp³-hybridized carbons (Fsp3) is 0.0385. The molecule has 9 aromatic rings. The number of halogens is 6. The average molecular weight is 1080 g/mol. The van der Waals surface area contributed by atoms with Crippen LogP contribution >= 0.6 is 0 Å². The van der Waals surface area contributed by atoms with Gasteiger partial charge in [0, 0.05) is 58.4 Å². The van der Waals surface area contributed by atoms with Crippen molar-refractivity contribution in [3.63, 3.8) is 0 Å². The van der Waals surface area contributed by atoms with Gasteiger partial charge in [0.15, 0.2) is 20.2 Å². The van der Waals surface area contributed by atoms with Crippen molar-refractivity contribution in [3.05, 3.63) is 217 Å². The fourth-order valence-corrected chi connectivity index (χ4v) is 6.64. The number of fused-ring (bicyclic) bond motifs is 2. The van der Waals surface area contributed by atoms with E-state index >= 15 is 0 Å². The molecule has 21 heteroatoms. The van der Waals surface area contributed by atoms with E-state index in [-0.39, 0.29) is 19.5 Å². The van der Waals surface area contributed by atoms with Crippen molar-refractivity contribution in [2.75, 3.05) is 9.80 Å². The molecular weight excluding hydrogens is 1050 g/mol. The standard InChI is InChI=1S/C50H32N6.2CHF3O3S.Zn/c1-5-31-51-47(15-1)55(48-16-2-6-32-52-48)43-27-21-37(22-28-43)19-25-39-11-9-13-41-35-42-14-10-12-40(46(42)36-45(39)41)26-20-38-23-29-44(30-24-38)56(49-17-3-7-33-53-49)50-18-4-8-34-54-50;2*2-1(3,4)8(5,6)7;/h1-18,21-24,27-36H;2*(H,5,6,7);/q;;;+2/p-2. The van der Waals surface area contributed by atoms with E-state index in [1.54, 1.807) is 24.8 Å². The van der Waals surface area contributed by atoms with Crippen molar-refractivity contribution in [1.82, 2.24) is 19.9 Å². The van der Waals surface area contributed by atoms with Gasteiger partial charge in [0.25, 0.3) is 0 Å². The van der Waals surface area contributed by atoms with Crippen molar-refractivity contribution in [1.29, 1.82) is 0 Å². The summed E-state index contributed by atoms with van der Waals surface area (Å²) in [7, 11) is -12.2. The van der Waals surface area contributed by atoms with Gasteiger partial charge in [0.2, 0.25) is 0 Å². The molecule has 0 radical (unpaired) electrons. The van der Waals surface area contributed by atoms with Gasteiger partial charge in [0.1, 0.15) is 23.3 Å². The van der Waals surface area contributed by atoms with E-state index in [1.165, 1.54) is 0 Å². The Hall–Kier alpha value is -8.04. The summed E-state index contributed by atoms with van der Waals surface area (Å²) >= 11 is 0. The summed E-state index contributed by atoms with van der Waals surface area (Å²) in [6.45, 7) is 0. The number of hydrogen-bond donors (Lipinski definition) is 0. The van der Waals surface area contributed by atoms with Crippen molar-refractivity contribution < 1.29 is 71.8 Å². The minimum Gasteiger partial charge on any atom is -0.741 e. The molecule has 9 rings (SSSR count). The number of hydrogen-bond acceptors (Lipinski definition) is 12. The maximum atomic E-state index is 10.7. The minimum absolute atomic E-state index is 0. The van der Waals surface area contributed by atoms with Crippen LogP contribution in [0.1, 0.15) is 22.3 Å². The molecule has 4 aromatic heterocycles. The first kappa shape index (κ1) is 54.3. The topological polar surface area (TPSA) is 172 Å². The average Bonchev–Trinajstić information content (AvgIpc) is 3.36. The molecule has 0 N–H and O–H groups in total. The first-order valence-electron chi connectivity index (χ1n) is 20.8. The van der Waals surface area contributed by atoms with Crippen LogP contribution in [0.3, 0.4) is 0 Å². The second-order valence-electron chi connectivity index (χ2n) is 14.7. The second kappa shape index (κ2) is 23.5. The molecule has 0 saturated heterocycles. The molecule has 5 aromatic carbocycles. The number of nitrogens with zero attached hydrogens (tertiary/aromatic N) is 6. The predicted molar refractivity (Wildman–Crippen MR) is 258 cm³/mol. The van der Waals surface area contributed by atoms with Gasteiger partial charge in [-0.2, -0.15) is 26.3 Å². The number of anilines is 6. The van der Waals surface area contributed by atoms with Crippen LogP contribution in [-0.2, 0) is 39.7 Å². The first-order chi connectivity index (χ1) is 34.3. The molecule has 362 valence electrons. The molecule has 73 heavy (non-hydrogen) atoms. The number of rotatable bonds is 6. The zero-order valence-corrected chi connectivity index (χ0v) is 42.0. The minimum atomic E-state index is -6.09. The van der Waals surface area contributed by atoms with Crippen LogP contribution in [0.15, 0.2) is 195 Å². The third-order valence-corrected chi connectivity index (χ3v) is 11.0. The summed E-state index contributed by atoms with van der Waals surface area (Å²) in [6, 6.07) is 56.8. The molecule has 0 aliphatic rings. The first-order valence-corrected chi connectivity index (χ1v) is 23.6. The molecule has 0 unspecified atom stereocenters. The van der Waals surface area contributed by atoms with E-state index in [9.17, 15) is 26.3 Å². The Labute approximate surface area is 427 Å². The Morgan fingerprint density at radius 1 is 0.397 bits per heavy atom. The van der Waals surface area contributed by atoms with E-state index in [2.05, 4.69) is 116 Å². The SMILES string of the molecule is C(#Cc1cccc2cc3cccc(C#Cc4ccc(N(c5ccccn5)c5ccccn5)cc4)c3cc12)c1ccc(N(c2ccccn2)c2ccccn2)cc1.O=S(=O)([O-])C(F)(F)F.O=S(=O)([O-])C(F)(F)F.[Zn+2]. The maximum Gasteiger partial charge on any atom is 2.00 e. The molecule has 4 heterocycles. The van der Waals surface area contributed by atoms with Gasteiger partial charge in [-0.3, -0.25) is 9.80 Å². The normalized spacial score (nSPS) is 11.2. The third kappa shape index (κ3) is 14.1. The Morgan fingerprint density at radius 3 is 0.959 bits per heavy atom. The van der Waals surface area contributed by atoms with Crippen LogP contribution in [0.4, 0.5) is 61.0 Å². The summed E-state index contributed by atoms with van der Waals surface area (Å²) in [6.07, 6.45) is 7.15. The zero-order chi connectivity index (χ0) is 51.5. The van der Waals surface area contributed by atoms with E-state index in [0.717, 1.165) is 78.4 Å². The second-order valence-corrected chi connectivity index (χ2v) is 17.5. The van der Waals surface area contributed by atoms with E-state index in [1.807, 2.05) is 107 Å². The summed E-state index contributed by atoms with van der Waals surface area (Å²) in [5, 5.41) is 4.44. The van der Waals surface area contributed by atoms with Crippen LogP contribution in [0.5, 0.6) is 0 Å². The third-order valence-electron chi connectivity index (χ3n) is 9.89. The molecule has 12 nitrogen and oxygen atoms in total. The zero-order valence-electron chi connectivity index (χ0n) is 37.4. The summed E-state index contributed by atoms with van der Waals surface area (Å²) in [5.41, 5.74) is -5.65. The van der Waals surface area contributed by atoms with Gasteiger partial charge >= 0.3 is 30.5 Å². The van der Waals surface area contributed by atoms with Gasteiger partial charge in [-0.25, -0.2) is 36.8 Å². The van der Waals surface area contributed by atoms with Gasteiger partial charge in [-0.05, 0) is 143 Å². The Bertz CT molecular complexity index is 3360. The molecule has 0 fully saturated rings. The van der Waals surface area contributed by atoms with Crippen molar-refractivity contribution in [3.8, 4) is 23.7 Å². The van der Waals surface area contributed by atoms with Crippen LogP contribution in [0.25, 0.3) is 21.5 Å². The summed E-state index contributed by atoms with van der Waals surface area (Å²) in [5.74, 6) is 16.9. The molecular formula is C52H32F6N6O6S2Zn. The number of alkyl halides is 6. The molecule has 0 atom stereocenters. The number of pyridine rings is 4. The van der Waals surface area contributed by atoms with E-state index in [4.69, 9.17) is 25.9 Å². The largest absolute Gasteiger partial charge is 2.00 e. The molecule has 0 amide bonds. The Balaban J connectivity index is 0.000000443. The smallest absolute Gasteiger partial charge is 0.741 e. The van der Waals surface area contributed by atoms with Crippen LogP contribution in [0, 0.1) is 23.7 Å². The number of benzene rings is 5. The molecule has 0 aliphatic heterocycles. The van der Waals surface area contributed by atoms with Gasteiger partial charge in [0.05, 0.1) is 0 Å². The van der Waals surface area contributed by atoms with Crippen LogP contribution in [0.2, 0.25) is 0 Å². The van der Waals surface area contributed by atoms with Gasteiger partial charge in [-0.15, -0.1) is 0 Å². The Kier molecular flexibility index (Phi) is 17.5. The van der Waals surface area contributed by atoms with Crippen LogP contribution < -0.4 is 9.80 Å². The van der Waals surface area contributed by atoms with Crippen molar-refractivity contribution >= 4 is 76.4 Å². The summed E-state index contributed by atoms with van der Waals surface area (Å²) < 4.78 is 118. The molecule has 0 aliphatic carbocycles. The maximum absolute atomic E-state index is 10.7. The Morgan fingerprint density at radius 2 is 0.699 bits per heavy atom. The van der Waals surface area contributed by atoms with Gasteiger partial charge in [-0.1, -0.05) is 72.2 Å². The van der Waals surface area contributed by atoms with Crippen LogP contribution in [-0.4, -0.2) is 56.9 Å². The quantitative estimate of drug-likeness (QED) is 0.0386. The monoisotopic (exact) mass is 1080 g/mol.